The molecule has 0 heterocycles. The molecule has 2 rings (SSSR count). The highest BCUT2D eigenvalue weighted by molar-refractivity contribution is 5.89. The molecule has 0 saturated heterocycles. The zero-order valence-corrected chi connectivity index (χ0v) is 14.6. The largest absolute Gasteiger partial charge is 0.513 e. The molecule has 7 heteroatoms. The Kier molecular flexibility index (Phi) is 7.45. The lowest BCUT2D eigenvalue weighted by Crippen LogP contribution is -2.36. The van der Waals surface area contributed by atoms with Crippen LogP contribution >= 0.6 is 0 Å². The predicted molar refractivity (Wildman–Crippen MR) is 97.0 cm³/mol. The third kappa shape index (κ3) is 6.10. The molecule has 0 aliphatic carbocycles. The summed E-state index contributed by atoms with van der Waals surface area (Å²) in [6, 6.07) is 15.5. The van der Waals surface area contributed by atoms with E-state index in [0.717, 1.165) is 5.56 Å². The lowest BCUT2D eigenvalue weighted by molar-refractivity contribution is 0.104. The van der Waals surface area contributed by atoms with Crippen LogP contribution in [0.3, 0.4) is 0 Å². The maximum absolute atomic E-state index is 12.5. The van der Waals surface area contributed by atoms with E-state index >= 15 is 0 Å². The molecule has 2 N–H and O–H groups in total. The Morgan fingerprint density at radius 2 is 1.77 bits per heavy atom. The standard InChI is InChI=1S/C19H22N2O5/c1-2-25-19(24)26-17-10-8-16(9-11-17)20-18(23)21(12-13-22)14-15-6-4-3-5-7-15/h3-11,22H,2,12-14H2,1H3,(H,20,23). The van der Waals surface area contributed by atoms with E-state index < -0.39 is 6.16 Å². The monoisotopic (exact) mass is 358 g/mol. The Balaban J connectivity index is 1.96. The lowest BCUT2D eigenvalue weighted by atomic mass is 10.2. The van der Waals surface area contributed by atoms with Crippen molar-refractivity contribution in [2.24, 2.45) is 0 Å². The molecular formula is C19H22N2O5. The van der Waals surface area contributed by atoms with Gasteiger partial charge in [-0.1, -0.05) is 30.3 Å². The second-order valence-corrected chi connectivity index (χ2v) is 5.37. The number of ether oxygens (including phenoxy) is 2. The number of nitrogens with zero attached hydrogens (tertiary/aromatic N) is 1. The SMILES string of the molecule is CCOC(=O)Oc1ccc(NC(=O)N(CCO)Cc2ccccc2)cc1. The topological polar surface area (TPSA) is 88.1 Å². The number of nitrogens with one attached hydrogen (secondary N) is 1. The first-order valence-corrected chi connectivity index (χ1v) is 8.27. The minimum Gasteiger partial charge on any atom is -0.434 e. The van der Waals surface area contributed by atoms with E-state index in [2.05, 4.69) is 5.32 Å². The van der Waals surface area contributed by atoms with Crippen LogP contribution in [-0.4, -0.2) is 42.0 Å². The number of benzene rings is 2. The summed E-state index contributed by atoms with van der Waals surface area (Å²) >= 11 is 0. The van der Waals surface area contributed by atoms with E-state index in [1.165, 1.54) is 4.90 Å². The molecule has 0 aromatic heterocycles. The smallest absolute Gasteiger partial charge is 0.434 e. The van der Waals surface area contributed by atoms with Gasteiger partial charge in [-0.2, -0.15) is 0 Å². The molecule has 0 aliphatic heterocycles. The summed E-state index contributed by atoms with van der Waals surface area (Å²) in [5.74, 6) is 0.318. The Morgan fingerprint density at radius 1 is 1.08 bits per heavy atom. The fourth-order valence-corrected chi connectivity index (χ4v) is 2.23. The summed E-state index contributed by atoms with van der Waals surface area (Å²) in [4.78, 5) is 25.2. The quantitative estimate of drug-likeness (QED) is 0.586. The number of hydrogen-bond donors (Lipinski definition) is 2. The second kappa shape index (κ2) is 10.0. The Bertz CT molecular complexity index is 704. The average Bonchev–Trinajstić information content (AvgIpc) is 2.64. The fourth-order valence-electron chi connectivity index (χ4n) is 2.23. The highest BCUT2D eigenvalue weighted by Crippen LogP contribution is 2.17. The Morgan fingerprint density at radius 3 is 2.38 bits per heavy atom. The van der Waals surface area contributed by atoms with Crippen LogP contribution in [0.25, 0.3) is 0 Å². The summed E-state index contributed by atoms with van der Waals surface area (Å²) in [6.45, 7) is 2.39. The number of aliphatic hydroxyl groups is 1. The van der Waals surface area contributed by atoms with E-state index in [0.29, 0.717) is 18.0 Å². The molecule has 2 aromatic rings. The van der Waals surface area contributed by atoms with Crippen molar-refractivity contribution in [3.8, 4) is 5.75 Å². The van der Waals surface area contributed by atoms with E-state index in [4.69, 9.17) is 9.47 Å². The maximum Gasteiger partial charge on any atom is 0.513 e. The molecule has 0 bridgehead atoms. The zero-order valence-electron chi connectivity index (χ0n) is 14.6. The van der Waals surface area contributed by atoms with Crippen LogP contribution in [0.4, 0.5) is 15.3 Å². The predicted octanol–water partition coefficient (Wildman–Crippen LogP) is 3.25. The van der Waals surface area contributed by atoms with Gasteiger partial charge in [0.2, 0.25) is 0 Å². The van der Waals surface area contributed by atoms with Gasteiger partial charge in [-0.05, 0) is 36.8 Å². The number of carbonyl (C=O) groups is 2. The van der Waals surface area contributed by atoms with Crippen LogP contribution in [0.2, 0.25) is 0 Å². The number of urea groups is 1. The molecular weight excluding hydrogens is 336 g/mol. The van der Waals surface area contributed by atoms with Gasteiger partial charge in [0.15, 0.2) is 0 Å². The van der Waals surface area contributed by atoms with Gasteiger partial charge in [0.1, 0.15) is 5.75 Å². The molecule has 0 fully saturated rings. The normalized spacial score (nSPS) is 10.1. The molecule has 0 aliphatic rings. The van der Waals surface area contributed by atoms with Crippen LogP contribution in [0.1, 0.15) is 12.5 Å². The third-order valence-corrected chi connectivity index (χ3v) is 3.44. The molecule has 2 aromatic carbocycles. The van der Waals surface area contributed by atoms with Gasteiger partial charge in [-0.3, -0.25) is 0 Å². The first kappa shape index (κ1) is 19.3. The van der Waals surface area contributed by atoms with Gasteiger partial charge in [0.05, 0.1) is 13.2 Å². The van der Waals surface area contributed by atoms with Crippen molar-refractivity contribution in [2.75, 3.05) is 25.1 Å². The Labute approximate surface area is 152 Å². The highest BCUT2D eigenvalue weighted by Gasteiger charge is 2.14. The third-order valence-electron chi connectivity index (χ3n) is 3.44. The molecule has 0 spiro atoms. The fraction of sp³-hybridized carbons (Fsp3) is 0.263. The number of amides is 2. The van der Waals surface area contributed by atoms with Crippen LogP contribution < -0.4 is 10.1 Å². The van der Waals surface area contributed by atoms with Crippen LogP contribution in [0.15, 0.2) is 54.6 Å². The van der Waals surface area contributed by atoms with E-state index in [-0.39, 0.29) is 25.8 Å². The number of carbonyl (C=O) groups excluding carboxylic acids is 2. The second-order valence-electron chi connectivity index (χ2n) is 5.37. The number of rotatable bonds is 7. The van der Waals surface area contributed by atoms with E-state index in [9.17, 15) is 14.7 Å². The number of hydrogen-bond acceptors (Lipinski definition) is 5. The van der Waals surface area contributed by atoms with Gasteiger partial charge >= 0.3 is 12.2 Å². The van der Waals surface area contributed by atoms with Gasteiger partial charge in [0.25, 0.3) is 0 Å². The van der Waals surface area contributed by atoms with Crippen molar-refractivity contribution in [3.63, 3.8) is 0 Å². The molecule has 138 valence electrons. The zero-order chi connectivity index (χ0) is 18.8. The summed E-state index contributed by atoms with van der Waals surface area (Å²) in [5.41, 5.74) is 1.51. The van der Waals surface area contributed by atoms with Crippen LogP contribution in [0, 0.1) is 0 Å². The van der Waals surface area contributed by atoms with Gasteiger partial charge in [0, 0.05) is 18.8 Å². The van der Waals surface area contributed by atoms with Crippen LogP contribution in [-0.2, 0) is 11.3 Å². The average molecular weight is 358 g/mol. The van der Waals surface area contributed by atoms with E-state index in [1.54, 1.807) is 31.2 Å². The minimum atomic E-state index is -0.777. The molecule has 7 nitrogen and oxygen atoms in total. The molecule has 26 heavy (non-hydrogen) atoms. The summed E-state index contributed by atoms with van der Waals surface area (Å²) in [6.07, 6.45) is -0.777. The molecule has 0 saturated carbocycles. The highest BCUT2D eigenvalue weighted by atomic mass is 16.7. The van der Waals surface area contributed by atoms with Crippen molar-refractivity contribution < 1.29 is 24.2 Å². The summed E-state index contributed by atoms with van der Waals surface area (Å²) in [5, 5.41) is 12.0. The number of aliphatic hydroxyl groups excluding tert-OH is 1. The Hall–Kier alpha value is -3.06. The lowest BCUT2D eigenvalue weighted by Gasteiger charge is -2.22. The van der Waals surface area contributed by atoms with Crippen molar-refractivity contribution in [2.45, 2.75) is 13.5 Å². The molecule has 0 radical (unpaired) electrons. The minimum absolute atomic E-state index is 0.132. The van der Waals surface area contributed by atoms with Crippen molar-refractivity contribution in [1.82, 2.24) is 4.90 Å². The maximum atomic E-state index is 12.5. The van der Waals surface area contributed by atoms with E-state index in [1.807, 2.05) is 30.3 Å². The molecule has 0 atom stereocenters. The van der Waals surface area contributed by atoms with Gasteiger partial charge in [-0.15, -0.1) is 0 Å². The molecule has 2 amide bonds. The summed E-state index contributed by atoms with van der Waals surface area (Å²) < 4.78 is 9.66. The van der Waals surface area contributed by atoms with Crippen molar-refractivity contribution in [1.29, 1.82) is 0 Å². The first-order chi connectivity index (χ1) is 12.6. The van der Waals surface area contributed by atoms with Gasteiger partial charge in [-0.25, -0.2) is 9.59 Å². The summed E-state index contributed by atoms with van der Waals surface area (Å²) in [7, 11) is 0. The van der Waals surface area contributed by atoms with Crippen LogP contribution in [0.5, 0.6) is 5.75 Å². The van der Waals surface area contributed by atoms with Crippen molar-refractivity contribution >= 4 is 17.9 Å². The van der Waals surface area contributed by atoms with Crippen molar-refractivity contribution in [3.05, 3.63) is 60.2 Å². The van der Waals surface area contributed by atoms with Gasteiger partial charge < -0.3 is 24.8 Å². The number of anilines is 1. The first-order valence-electron chi connectivity index (χ1n) is 8.27. The molecule has 0 unspecified atom stereocenters.